The average Bonchev–Trinajstić information content (AvgIpc) is 2.45. The van der Waals surface area contributed by atoms with Crippen molar-refractivity contribution in [1.29, 1.82) is 0 Å². The van der Waals surface area contributed by atoms with Gasteiger partial charge in [0.25, 0.3) is 0 Å². The number of carboxylic acids is 1. The molecule has 0 saturated heterocycles. The molecular formula is C16H13F3O2. The maximum absolute atomic E-state index is 13.0. The Balaban J connectivity index is 2.58. The van der Waals surface area contributed by atoms with E-state index in [4.69, 9.17) is 5.11 Å². The molecule has 0 fully saturated rings. The van der Waals surface area contributed by atoms with Crippen LogP contribution < -0.4 is 0 Å². The van der Waals surface area contributed by atoms with Crippen LogP contribution in [0.25, 0.3) is 11.1 Å². The quantitative estimate of drug-likeness (QED) is 0.896. The van der Waals surface area contributed by atoms with Gasteiger partial charge in [0.1, 0.15) is 0 Å². The molecule has 0 atom stereocenters. The molecule has 0 radical (unpaired) electrons. The summed E-state index contributed by atoms with van der Waals surface area (Å²) in [6.07, 6.45) is -3.93. The average molecular weight is 294 g/mol. The molecule has 0 aliphatic rings. The number of alkyl halides is 3. The van der Waals surface area contributed by atoms with Crippen LogP contribution >= 0.6 is 0 Å². The highest BCUT2D eigenvalue weighted by molar-refractivity contribution is 5.90. The number of hydrogen-bond donors (Lipinski definition) is 1. The smallest absolute Gasteiger partial charge is 0.417 e. The molecule has 2 aromatic rings. The number of rotatable bonds is 3. The van der Waals surface area contributed by atoms with Gasteiger partial charge in [-0.3, -0.25) is 0 Å². The maximum atomic E-state index is 13.0. The van der Waals surface area contributed by atoms with Crippen LogP contribution in [0.3, 0.4) is 0 Å². The van der Waals surface area contributed by atoms with Crippen molar-refractivity contribution < 1.29 is 23.1 Å². The second-order valence-electron chi connectivity index (χ2n) is 4.62. The predicted octanol–water partition coefficient (Wildman–Crippen LogP) is 4.63. The van der Waals surface area contributed by atoms with E-state index in [9.17, 15) is 18.0 Å². The van der Waals surface area contributed by atoms with Gasteiger partial charge in [0.2, 0.25) is 0 Å². The summed E-state index contributed by atoms with van der Waals surface area (Å²) in [5.41, 5.74) is 0.120. The molecule has 0 saturated carbocycles. The summed E-state index contributed by atoms with van der Waals surface area (Å²) in [7, 11) is 0. The highest BCUT2D eigenvalue weighted by Gasteiger charge is 2.35. The highest BCUT2D eigenvalue weighted by Crippen LogP contribution is 2.35. The van der Waals surface area contributed by atoms with Crippen LogP contribution in [-0.4, -0.2) is 11.1 Å². The predicted molar refractivity (Wildman–Crippen MR) is 73.2 cm³/mol. The molecule has 2 nitrogen and oxygen atoms in total. The van der Waals surface area contributed by atoms with Crippen molar-refractivity contribution in [2.75, 3.05) is 0 Å². The Hall–Kier alpha value is -2.30. The maximum Gasteiger partial charge on any atom is 0.417 e. The van der Waals surface area contributed by atoms with Crippen LogP contribution in [0.1, 0.15) is 28.4 Å². The topological polar surface area (TPSA) is 37.3 Å². The Morgan fingerprint density at radius 1 is 1.10 bits per heavy atom. The monoisotopic (exact) mass is 294 g/mol. The first-order valence-electron chi connectivity index (χ1n) is 6.36. The van der Waals surface area contributed by atoms with Gasteiger partial charge in [-0.2, -0.15) is 13.2 Å². The number of hydrogen-bond acceptors (Lipinski definition) is 1. The Bertz CT molecular complexity index is 675. The van der Waals surface area contributed by atoms with Crippen LogP contribution in [0.5, 0.6) is 0 Å². The molecule has 0 aliphatic carbocycles. The van der Waals surface area contributed by atoms with E-state index in [-0.39, 0.29) is 0 Å². The zero-order valence-corrected chi connectivity index (χ0v) is 11.2. The largest absolute Gasteiger partial charge is 0.478 e. The third-order valence-electron chi connectivity index (χ3n) is 3.22. The van der Waals surface area contributed by atoms with E-state index in [1.807, 2.05) is 13.0 Å². The molecule has 21 heavy (non-hydrogen) atoms. The molecular weight excluding hydrogens is 281 g/mol. The number of aromatic carboxylic acids is 1. The third kappa shape index (κ3) is 3.24. The van der Waals surface area contributed by atoms with Gasteiger partial charge in [0.15, 0.2) is 0 Å². The first-order chi connectivity index (χ1) is 9.82. The van der Waals surface area contributed by atoms with Crippen molar-refractivity contribution >= 4 is 5.97 Å². The van der Waals surface area contributed by atoms with Crippen LogP contribution in [0.15, 0.2) is 42.5 Å². The fourth-order valence-corrected chi connectivity index (χ4v) is 2.12. The molecule has 1 N–H and O–H groups in total. The molecule has 0 heterocycles. The fourth-order valence-electron chi connectivity index (χ4n) is 2.12. The van der Waals surface area contributed by atoms with Crippen molar-refractivity contribution in [1.82, 2.24) is 0 Å². The summed E-state index contributed by atoms with van der Waals surface area (Å²) in [6, 6.07) is 10.4. The molecule has 0 unspecified atom stereocenters. The SMILES string of the molecule is CCc1cccc(-c2ccc(C(=O)O)c(C(F)(F)F)c2)c1. The molecule has 0 aromatic heterocycles. The van der Waals surface area contributed by atoms with E-state index in [0.717, 1.165) is 24.1 Å². The minimum Gasteiger partial charge on any atom is -0.478 e. The fraction of sp³-hybridized carbons (Fsp3) is 0.188. The lowest BCUT2D eigenvalue weighted by molar-refractivity contribution is -0.138. The lowest BCUT2D eigenvalue weighted by Crippen LogP contribution is -2.13. The first kappa shape index (κ1) is 15.1. The van der Waals surface area contributed by atoms with Gasteiger partial charge in [-0.15, -0.1) is 0 Å². The Labute approximate surface area is 119 Å². The van der Waals surface area contributed by atoms with Crippen molar-refractivity contribution in [2.45, 2.75) is 19.5 Å². The van der Waals surface area contributed by atoms with Crippen LogP contribution in [0, 0.1) is 0 Å². The minimum atomic E-state index is -4.70. The number of carbonyl (C=O) groups is 1. The molecule has 2 aromatic carbocycles. The van der Waals surface area contributed by atoms with E-state index in [1.165, 1.54) is 6.07 Å². The molecule has 0 spiro atoms. The van der Waals surface area contributed by atoms with E-state index < -0.39 is 23.3 Å². The van der Waals surface area contributed by atoms with E-state index >= 15 is 0 Å². The van der Waals surface area contributed by atoms with Gasteiger partial charge in [-0.05, 0) is 35.2 Å². The number of carboxylic acid groups (broad SMARTS) is 1. The highest BCUT2D eigenvalue weighted by atomic mass is 19.4. The van der Waals surface area contributed by atoms with Crippen molar-refractivity contribution in [3.05, 3.63) is 59.2 Å². The normalized spacial score (nSPS) is 11.4. The zero-order valence-electron chi connectivity index (χ0n) is 11.2. The van der Waals surface area contributed by atoms with Gasteiger partial charge >= 0.3 is 12.1 Å². The number of benzene rings is 2. The Morgan fingerprint density at radius 3 is 2.33 bits per heavy atom. The minimum absolute atomic E-state index is 0.350. The van der Waals surface area contributed by atoms with Crippen molar-refractivity contribution in [2.24, 2.45) is 0 Å². The van der Waals surface area contributed by atoms with Gasteiger partial charge < -0.3 is 5.11 Å². The number of halogens is 3. The van der Waals surface area contributed by atoms with Crippen LogP contribution in [0.2, 0.25) is 0 Å². The van der Waals surface area contributed by atoms with Gasteiger partial charge in [-0.25, -0.2) is 4.79 Å². The summed E-state index contributed by atoms with van der Waals surface area (Å²) < 4.78 is 39.0. The summed E-state index contributed by atoms with van der Waals surface area (Å²) in [5, 5.41) is 8.87. The lowest BCUT2D eigenvalue weighted by atomic mass is 9.97. The van der Waals surface area contributed by atoms with E-state index in [0.29, 0.717) is 11.1 Å². The summed E-state index contributed by atoms with van der Waals surface area (Å²) in [6.45, 7) is 1.95. The van der Waals surface area contributed by atoms with Gasteiger partial charge in [-0.1, -0.05) is 37.3 Å². The molecule has 5 heteroatoms. The van der Waals surface area contributed by atoms with E-state index in [2.05, 4.69) is 0 Å². The molecule has 0 amide bonds. The van der Waals surface area contributed by atoms with Crippen LogP contribution in [0.4, 0.5) is 13.2 Å². The summed E-state index contributed by atoms with van der Waals surface area (Å²) in [4.78, 5) is 10.9. The van der Waals surface area contributed by atoms with Crippen molar-refractivity contribution in [3.63, 3.8) is 0 Å². The molecule has 0 bridgehead atoms. The van der Waals surface area contributed by atoms with E-state index in [1.54, 1.807) is 18.2 Å². The molecule has 0 aliphatic heterocycles. The standard InChI is InChI=1S/C16H13F3O2/c1-2-10-4-3-5-11(8-10)12-6-7-13(15(20)21)14(9-12)16(17,18)19/h3-9H,2H2,1H3,(H,20,21). The Kier molecular flexibility index (Phi) is 4.02. The summed E-state index contributed by atoms with van der Waals surface area (Å²) >= 11 is 0. The van der Waals surface area contributed by atoms with Crippen molar-refractivity contribution in [3.8, 4) is 11.1 Å². The van der Waals surface area contributed by atoms with Gasteiger partial charge in [0.05, 0.1) is 11.1 Å². The lowest BCUT2D eigenvalue weighted by Gasteiger charge is -2.12. The Morgan fingerprint density at radius 2 is 1.76 bits per heavy atom. The van der Waals surface area contributed by atoms with Gasteiger partial charge in [0, 0.05) is 0 Å². The van der Waals surface area contributed by atoms with Crippen LogP contribution in [-0.2, 0) is 12.6 Å². The number of aryl methyl sites for hydroxylation is 1. The molecule has 2 rings (SSSR count). The second-order valence-corrected chi connectivity index (χ2v) is 4.62. The zero-order chi connectivity index (χ0) is 15.6. The first-order valence-corrected chi connectivity index (χ1v) is 6.36. The third-order valence-corrected chi connectivity index (χ3v) is 3.22. The summed E-state index contributed by atoms with van der Waals surface area (Å²) in [5.74, 6) is -1.59. The molecule has 110 valence electrons. The second kappa shape index (κ2) is 5.60.